The van der Waals surface area contributed by atoms with Gasteiger partial charge in [-0.25, -0.2) is 10.3 Å². The molecule has 0 spiro atoms. The van der Waals surface area contributed by atoms with Crippen LogP contribution in [-0.2, 0) is 4.79 Å². The van der Waals surface area contributed by atoms with Crippen LogP contribution < -0.4 is 10.8 Å². The first kappa shape index (κ1) is 18.1. The molecule has 2 aromatic rings. The molecule has 0 aliphatic carbocycles. The van der Waals surface area contributed by atoms with E-state index >= 15 is 0 Å². The van der Waals surface area contributed by atoms with Crippen molar-refractivity contribution in [1.82, 2.24) is 20.3 Å². The number of nitrogens with one attached hydrogen (secondary N) is 2. The molecule has 2 heterocycles. The number of hydroxylamine groups is 1. The Morgan fingerprint density at radius 2 is 1.88 bits per heavy atom. The lowest BCUT2D eigenvalue weighted by Crippen LogP contribution is -2.50. The quantitative estimate of drug-likeness (QED) is 0.559. The van der Waals surface area contributed by atoms with Crippen LogP contribution in [-0.4, -0.2) is 64.7 Å². The van der Waals surface area contributed by atoms with Crippen LogP contribution in [0.3, 0.4) is 0 Å². The van der Waals surface area contributed by atoms with Crippen molar-refractivity contribution in [2.75, 3.05) is 38.0 Å². The molecule has 8 heteroatoms. The molecule has 1 aliphatic heterocycles. The van der Waals surface area contributed by atoms with Crippen molar-refractivity contribution in [3.8, 4) is 0 Å². The lowest BCUT2D eigenvalue weighted by Gasteiger charge is -2.34. The van der Waals surface area contributed by atoms with Crippen LogP contribution in [0.5, 0.6) is 0 Å². The Bertz CT molecular complexity index is 769. The molecule has 1 aliphatic rings. The van der Waals surface area contributed by atoms with Crippen molar-refractivity contribution in [2.45, 2.75) is 12.8 Å². The van der Waals surface area contributed by atoms with Crippen molar-refractivity contribution < 1.29 is 14.8 Å². The summed E-state index contributed by atoms with van der Waals surface area (Å²) in [6, 6.07) is 9.41. The van der Waals surface area contributed by atoms with Gasteiger partial charge in [0.05, 0.1) is 11.2 Å². The summed E-state index contributed by atoms with van der Waals surface area (Å²) in [4.78, 5) is 31.9. The highest BCUT2D eigenvalue weighted by atomic mass is 16.5. The van der Waals surface area contributed by atoms with Gasteiger partial charge in [0.2, 0.25) is 5.91 Å². The molecule has 1 saturated heterocycles. The first-order chi connectivity index (χ1) is 12.7. The number of pyridine rings is 1. The molecule has 0 bridgehead atoms. The van der Waals surface area contributed by atoms with Crippen LogP contribution in [0.15, 0.2) is 36.5 Å². The predicted octanol–water partition coefficient (Wildman–Crippen LogP) is 1.67. The average Bonchev–Trinajstić information content (AvgIpc) is 2.68. The maximum absolute atomic E-state index is 12.6. The zero-order valence-electron chi connectivity index (χ0n) is 14.5. The van der Waals surface area contributed by atoms with Crippen LogP contribution >= 0.6 is 0 Å². The number of anilines is 1. The monoisotopic (exact) mass is 357 g/mol. The molecule has 8 nitrogen and oxygen atoms in total. The molecule has 0 saturated carbocycles. The SMILES string of the molecule is O=C(CCCN1CCN(C(=O)Nc2ccnc3ccccc23)CC1)NO. The zero-order valence-corrected chi connectivity index (χ0v) is 14.5. The molecule has 0 unspecified atom stereocenters. The molecule has 1 aromatic heterocycles. The topological polar surface area (TPSA) is 97.8 Å². The summed E-state index contributed by atoms with van der Waals surface area (Å²) in [5.41, 5.74) is 3.25. The minimum Gasteiger partial charge on any atom is -0.322 e. The number of nitrogens with zero attached hydrogens (tertiary/aromatic N) is 3. The number of aromatic nitrogens is 1. The van der Waals surface area contributed by atoms with E-state index in [1.807, 2.05) is 30.3 Å². The number of carbonyl (C=O) groups excluding carboxylic acids is 2. The first-order valence-electron chi connectivity index (χ1n) is 8.72. The summed E-state index contributed by atoms with van der Waals surface area (Å²) in [6.45, 7) is 3.59. The van der Waals surface area contributed by atoms with Crippen molar-refractivity contribution in [2.24, 2.45) is 0 Å². The Kier molecular flexibility index (Phi) is 5.98. The predicted molar refractivity (Wildman–Crippen MR) is 97.9 cm³/mol. The van der Waals surface area contributed by atoms with Gasteiger partial charge >= 0.3 is 6.03 Å². The molecular formula is C18H23N5O3. The number of amides is 3. The fraction of sp³-hybridized carbons (Fsp3) is 0.389. The second-order valence-electron chi connectivity index (χ2n) is 6.27. The number of para-hydroxylation sites is 1. The Balaban J connectivity index is 1.50. The average molecular weight is 357 g/mol. The third-order valence-electron chi connectivity index (χ3n) is 4.55. The minimum atomic E-state index is -0.368. The van der Waals surface area contributed by atoms with E-state index in [-0.39, 0.29) is 11.9 Å². The number of piperazine rings is 1. The van der Waals surface area contributed by atoms with Crippen molar-refractivity contribution in [3.05, 3.63) is 36.5 Å². The van der Waals surface area contributed by atoms with Gasteiger partial charge in [-0.3, -0.25) is 19.9 Å². The van der Waals surface area contributed by atoms with E-state index in [0.717, 1.165) is 36.2 Å². The maximum atomic E-state index is 12.6. The van der Waals surface area contributed by atoms with E-state index in [2.05, 4.69) is 15.2 Å². The van der Waals surface area contributed by atoms with E-state index in [9.17, 15) is 9.59 Å². The highest BCUT2D eigenvalue weighted by Crippen LogP contribution is 2.21. The molecule has 3 amide bonds. The van der Waals surface area contributed by atoms with E-state index in [1.165, 1.54) is 0 Å². The summed E-state index contributed by atoms with van der Waals surface area (Å²) in [5, 5.41) is 12.4. The number of urea groups is 1. The molecule has 3 N–H and O–H groups in total. The van der Waals surface area contributed by atoms with Crippen LogP contribution in [0.25, 0.3) is 10.9 Å². The first-order valence-corrected chi connectivity index (χ1v) is 8.72. The van der Waals surface area contributed by atoms with E-state index in [1.54, 1.807) is 16.6 Å². The van der Waals surface area contributed by atoms with Gasteiger partial charge < -0.3 is 10.2 Å². The smallest absolute Gasteiger partial charge is 0.321 e. The van der Waals surface area contributed by atoms with E-state index in [0.29, 0.717) is 25.9 Å². The number of carbonyl (C=O) groups is 2. The lowest BCUT2D eigenvalue weighted by atomic mass is 10.2. The Morgan fingerprint density at radius 1 is 1.12 bits per heavy atom. The van der Waals surface area contributed by atoms with Crippen LogP contribution in [0, 0.1) is 0 Å². The Morgan fingerprint density at radius 3 is 2.65 bits per heavy atom. The summed E-state index contributed by atoms with van der Waals surface area (Å²) in [6.07, 6.45) is 2.67. The van der Waals surface area contributed by atoms with Crippen LogP contribution in [0.1, 0.15) is 12.8 Å². The van der Waals surface area contributed by atoms with E-state index in [4.69, 9.17) is 5.21 Å². The normalized spacial score (nSPS) is 15.0. The van der Waals surface area contributed by atoms with Crippen LogP contribution in [0.2, 0.25) is 0 Å². The Hall–Kier alpha value is -2.71. The molecule has 1 fully saturated rings. The number of benzene rings is 1. The van der Waals surface area contributed by atoms with Crippen molar-refractivity contribution in [1.29, 1.82) is 0 Å². The number of hydrogen-bond acceptors (Lipinski definition) is 5. The lowest BCUT2D eigenvalue weighted by molar-refractivity contribution is -0.129. The third-order valence-corrected chi connectivity index (χ3v) is 4.55. The van der Waals surface area contributed by atoms with Gasteiger partial charge in [0, 0.05) is 44.2 Å². The molecule has 138 valence electrons. The molecule has 0 atom stereocenters. The van der Waals surface area contributed by atoms with Gasteiger partial charge in [0.15, 0.2) is 0 Å². The molecular weight excluding hydrogens is 334 g/mol. The number of fused-ring (bicyclic) bond motifs is 1. The molecule has 0 radical (unpaired) electrons. The summed E-state index contributed by atoms with van der Waals surface area (Å²) in [7, 11) is 0. The van der Waals surface area contributed by atoms with Crippen molar-refractivity contribution >= 4 is 28.5 Å². The maximum Gasteiger partial charge on any atom is 0.321 e. The molecule has 3 rings (SSSR count). The second-order valence-corrected chi connectivity index (χ2v) is 6.27. The standard InChI is InChI=1S/C18H23N5O3/c24-17(21-26)6-3-9-22-10-12-23(13-11-22)18(25)20-16-7-8-19-15-5-2-1-4-14(15)16/h1-2,4-5,7-8,26H,3,6,9-13H2,(H,21,24)(H,19,20,25). The summed E-state index contributed by atoms with van der Waals surface area (Å²) in [5.74, 6) is -0.368. The number of hydrogen-bond donors (Lipinski definition) is 3. The van der Waals surface area contributed by atoms with E-state index < -0.39 is 0 Å². The largest absolute Gasteiger partial charge is 0.322 e. The second kappa shape index (κ2) is 8.59. The van der Waals surface area contributed by atoms with Gasteiger partial charge in [0.25, 0.3) is 0 Å². The van der Waals surface area contributed by atoms with Gasteiger partial charge in [-0.15, -0.1) is 0 Å². The van der Waals surface area contributed by atoms with Gasteiger partial charge in [0.1, 0.15) is 0 Å². The minimum absolute atomic E-state index is 0.110. The van der Waals surface area contributed by atoms with Crippen molar-refractivity contribution in [3.63, 3.8) is 0 Å². The van der Waals surface area contributed by atoms with Gasteiger partial charge in [-0.05, 0) is 25.1 Å². The third kappa shape index (κ3) is 4.47. The highest BCUT2D eigenvalue weighted by Gasteiger charge is 2.21. The van der Waals surface area contributed by atoms with Gasteiger partial charge in [-0.2, -0.15) is 0 Å². The molecule has 26 heavy (non-hydrogen) atoms. The number of rotatable bonds is 5. The summed E-state index contributed by atoms with van der Waals surface area (Å²) >= 11 is 0. The van der Waals surface area contributed by atoms with Gasteiger partial charge in [-0.1, -0.05) is 18.2 Å². The Labute approximate surface area is 151 Å². The fourth-order valence-corrected chi connectivity index (χ4v) is 3.09. The fourth-order valence-electron chi connectivity index (χ4n) is 3.09. The summed E-state index contributed by atoms with van der Waals surface area (Å²) < 4.78 is 0. The zero-order chi connectivity index (χ0) is 18.4. The highest BCUT2D eigenvalue weighted by molar-refractivity contribution is 6.00. The molecule has 1 aromatic carbocycles. The van der Waals surface area contributed by atoms with Crippen LogP contribution in [0.4, 0.5) is 10.5 Å².